The Kier molecular flexibility index (Phi) is 9.40. The number of hydrogen-bond acceptors (Lipinski definition) is 5. The van der Waals surface area contributed by atoms with Crippen LogP contribution in [0.1, 0.15) is 11.7 Å². The summed E-state index contributed by atoms with van der Waals surface area (Å²) in [5, 5.41) is 3.27. The number of ether oxygens (including phenoxy) is 4. The third-order valence-corrected chi connectivity index (χ3v) is 4.07. The number of benzene rings is 2. The van der Waals surface area contributed by atoms with Crippen LogP contribution in [0.2, 0.25) is 5.02 Å². The molecule has 0 radical (unpaired) electrons. The topological polar surface area (TPSA) is 66.0 Å². The molecule has 1 unspecified atom stereocenters. The summed E-state index contributed by atoms with van der Waals surface area (Å²) < 4.78 is 21.8. The fourth-order valence-corrected chi connectivity index (χ4v) is 2.74. The van der Waals surface area contributed by atoms with Crippen LogP contribution in [-0.2, 0) is 9.53 Å². The van der Waals surface area contributed by atoms with Crippen molar-refractivity contribution in [1.29, 1.82) is 0 Å². The summed E-state index contributed by atoms with van der Waals surface area (Å²) >= 11 is 6.01. The van der Waals surface area contributed by atoms with E-state index >= 15 is 0 Å². The van der Waals surface area contributed by atoms with E-state index in [1.807, 2.05) is 0 Å². The van der Waals surface area contributed by atoms with Gasteiger partial charge in [-0.25, -0.2) is 0 Å². The van der Waals surface area contributed by atoms with Gasteiger partial charge in [-0.1, -0.05) is 35.6 Å². The van der Waals surface area contributed by atoms with Gasteiger partial charge in [0.1, 0.15) is 25.6 Å². The minimum absolute atomic E-state index is 0.00497. The number of carbonyl (C=O) groups excluding carboxylic acids is 1. The summed E-state index contributed by atoms with van der Waals surface area (Å²) in [4.78, 5) is 12.6. The van der Waals surface area contributed by atoms with Gasteiger partial charge in [-0.15, -0.1) is 12.8 Å². The highest BCUT2D eigenvalue weighted by Crippen LogP contribution is 2.31. The van der Waals surface area contributed by atoms with Crippen molar-refractivity contribution < 1.29 is 23.7 Å². The van der Waals surface area contributed by atoms with Crippen molar-refractivity contribution in [2.75, 3.05) is 33.5 Å². The maximum Gasteiger partial charge on any atom is 0.253 e. The van der Waals surface area contributed by atoms with Gasteiger partial charge in [0.15, 0.2) is 17.6 Å². The van der Waals surface area contributed by atoms with Crippen molar-refractivity contribution in [3.63, 3.8) is 0 Å². The Morgan fingerprint density at radius 1 is 1.10 bits per heavy atom. The molecule has 0 saturated heterocycles. The van der Waals surface area contributed by atoms with Gasteiger partial charge in [-0.3, -0.25) is 4.79 Å². The average Bonchev–Trinajstić information content (AvgIpc) is 2.76. The number of methoxy groups -OCH3 is 1. The molecule has 0 spiro atoms. The van der Waals surface area contributed by atoms with Crippen molar-refractivity contribution in [2.24, 2.45) is 0 Å². The van der Waals surface area contributed by atoms with Gasteiger partial charge in [0.25, 0.3) is 5.91 Å². The molecule has 2 rings (SSSR count). The first-order valence-electron chi connectivity index (χ1n) is 9.04. The molecule has 156 valence electrons. The smallest absolute Gasteiger partial charge is 0.253 e. The second-order valence-electron chi connectivity index (χ2n) is 5.90. The highest BCUT2D eigenvalue weighted by molar-refractivity contribution is 6.30. The van der Waals surface area contributed by atoms with Gasteiger partial charge in [0, 0.05) is 11.1 Å². The summed E-state index contributed by atoms with van der Waals surface area (Å²) in [6.45, 7) is 0.622. The molecule has 0 bridgehead atoms. The predicted octanol–water partition coefficient (Wildman–Crippen LogP) is 3.25. The first-order valence-corrected chi connectivity index (χ1v) is 9.42. The molecule has 6 nitrogen and oxygen atoms in total. The molecular weight excluding hydrogens is 406 g/mol. The van der Waals surface area contributed by atoms with E-state index in [-0.39, 0.29) is 32.3 Å². The minimum atomic E-state index is -0.868. The zero-order valence-electron chi connectivity index (χ0n) is 16.5. The quantitative estimate of drug-likeness (QED) is 0.440. The first-order chi connectivity index (χ1) is 14.6. The molecule has 0 saturated carbocycles. The second kappa shape index (κ2) is 12.3. The average molecular weight is 428 g/mol. The van der Waals surface area contributed by atoms with Gasteiger partial charge in [0.2, 0.25) is 0 Å². The van der Waals surface area contributed by atoms with Crippen molar-refractivity contribution in [3.8, 4) is 41.9 Å². The standard InChI is InChI=1S/C23H22ClNO5/c1-4-12-29-20-10-9-19(16-21(20)27-3)28-14-11-25-23(26)22(30-13-5-2)17-7-6-8-18(24)15-17/h1-2,6-10,15-16,22H,11-14H2,3H3,(H,25,26). The maximum absolute atomic E-state index is 12.6. The van der Waals surface area contributed by atoms with Crippen LogP contribution >= 0.6 is 11.6 Å². The van der Waals surface area contributed by atoms with Crippen LogP contribution in [-0.4, -0.2) is 39.4 Å². The lowest BCUT2D eigenvalue weighted by Crippen LogP contribution is -2.34. The SMILES string of the molecule is C#CCOc1ccc(OCCNC(=O)C(OCC#C)c2cccc(Cl)c2)cc1OC. The Morgan fingerprint density at radius 3 is 2.60 bits per heavy atom. The van der Waals surface area contributed by atoms with Crippen LogP contribution < -0.4 is 19.5 Å². The highest BCUT2D eigenvalue weighted by Gasteiger charge is 2.21. The largest absolute Gasteiger partial charge is 0.493 e. The Morgan fingerprint density at radius 2 is 1.90 bits per heavy atom. The Balaban J connectivity index is 1.91. The van der Waals surface area contributed by atoms with Crippen molar-refractivity contribution in [2.45, 2.75) is 6.10 Å². The number of halogens is 1. The van der Waals surface area contributed by atoms with E-state index in [1.54, 1.807) is 42.5 Å². The zero-order chi connectivity index (χ0) is 21.8. The summed E-state index contributed by atoms with van der Waals surface area (Å²) in [5.74, 6) is 5.99. The van der Waals surface area contributed by atoms with E-state index in [1.165, 1.54) is 7.11 Å². The van der Waals surface area contributed by atoms with Crippen molar-refractivity contribution in [1.82, 2.24) is 5.32 Å². The van der Waals surface area contributed by atoms with E-state index in [4.69, 9.17) is 43.4 Å². The summed E-state index contributed by atoms with van der Waals surface area (Å²) in [6.07, 6.45) is 9.58. The second-order valence-corrected chi connectivity index (χ2v) is 6.33. The van der Waals surface area contributed by atoms with E-state index in [9.17, 15) is 4.79 Å². The van der Waals surface area contributed by atoms with E-state index in [2.05, 4.69) is 17.2 Å². The maximum atomic E-state index is 12.6. The van der Waals surface area contributed by atoms with Crippen LogP contribution in [0, 0.1) is 24.7 Å². The van der Waals surface area contributed by atoms with Gasteiger partial charge in [-0.05, 0) is 29.8 Å². The van der Waals surface area contributed by atoms with Crippen LogP contribution in [0.4, 0.5) is 0 Å². The van der Waals surface area contributed by atoms with Crippen LogP contribution in [0.25, 0.3) is 0 Å². The number of rotatable bonds is 11. The number of carbonyl (C=O) groups is 1. The van der Waals surface area contributed by atoms with E-state index < -0.39 is 6.10 Å². The molecule has 1 N–H and O–H groups in total. The third-order valence-electron chi connectivity index (χ3n) is 3.84. The van der Waals surface area contributed by atoms with Gasteiger partial charge in [0.05, 0.1) is 13.7 Å². The highest BCUT2D eigenvalue weighted by atomic mass is 35.5. The molecule has 0 heterocycles. The molecule has 2 aromatic rings. The number of amides is 1. The lowest BCUT2D eigenvalue weighted by Gasteiger charge is -2.17. The zero-order valence-corrected chi connectivity index (χ0v) is 17.3. The number of terminal acetylenes is 2. The summed E-state index contributed by atoms with van der Waals surface area (Å²) in [6, 6.07) is 12.0. The molecule has 2 aromatic carbocycles. The minimum Gasteiger partial charge on any atom is -0.493 e. The molecule has 0 aliphatic heterocycles. The number of hydrogen-bond donors (Lipinski definition) is 1. The summed E-state index contributed by atoms with van der Waals surface area (Å²) in [5.41, 5.74) is 0.614. The fraction of sp³-hybridized carbons (Fsp3) is 0.261. The predicted molar refractivity (Wildman–Crippen MR) is 115 cm³/mol. The van der Waals surface area contributed by atoms with Crippen molar-refractivity contribution in [3.05, 3.63) is 53.1 Å². The Hall–Kier alpha value is -3.32. The number of nitrogens with one attached hydrogen (secondary N) is 1. The van der Waals surface area contributed by atoms with Gasteiger partial charge >= 0.3 is 0 Å². The molecule has 7 heteroatoms. The lowest BCUT2D eigenvalue weighted by atomic mass is 10.1. The van der Waals surface area contributed by atoms with E-state index in [0.717, 1.165) is 0 Å². The van der Waals surface area contributed by atoms with Gasteiger partial charge < -0.3 is 24.3 Å². The molecule has 30 heavy (non-hydrogen) atoms. The normalized spacial score (nSPS) is 10.9. The lowest BCUT2D eigenvalue weighted by molar-refractivity contribution is -0.132. The van der Waals surface area contributed by atoms with Crippen LogP contribution in [0.5, 0.6) is 17.2 Å². The fourth-order valence-electron chi connectivity index (χ4n) is 2.54. The molecular formula is C23H22ClNO5. The molecule has 0 aromatic heterocycles. The van der Waals surface area contributed by atoms with Crippen LogP contribution in [0.3, 0.4) is 0 Å². The molecule has 1 amide bonds. The van der Waals surface area contributed by atoms with Crippen molar-refractivity contribution >= 4 is 17.5 Å². The molecule has 1 atom stereocenters. The first kappa shape index (κ1) is 23.0. The van der Waals surface area contributed by atoms with E-state index in [0.29, 0.717) is 27.8 Å². The Bertz CT molecular complexity index is 932. The van der Waals surface area contributed by atoms with Crippen LogP contribution in [0.15, 0.2) is 42.5 Å². The van der Waals surface area contributed by atoms with Gasteiger partial charge in [-0.2, -0.15) is 0 Å². The molecule has 0 aliphatic rings. The monoisotopic (exact) mass is 427 g/mol. The third kappa shape index (κ3) is 6.93. The molecule has 0 aliphatic carbocycles. The summed E-state index contributed by atoms with van der Waals surface area (Å²) in [7, 11) is 1.52. The molecule has 0 fully saturated rings. The Labute approximate surface area is 181 Å².